The number of rotatable bonds is 4. The van der Waals surface area contributed by atoms with Gasteiger partial charge in [-0.2, -0.15) is 0 Å². The molecule has 0 spiro atoms. The van der Waals surface area contributed by atoms with Gasteiger partial charge in [0.05, 0.1) is 6.04 Å². The minimum Gasteiger partial charge on any atom is -0.368 e. The van der Waals surface area contributed by atoms with Crippen LogP contribution in [0.15, 0.2) is 0 Å². The highest BCUT2D eigenvalue weighted by Gasteiger charge is 2.50. The third-order valence-corrected chi connectivity index (χ3v) is 4.03. The monoisotopic (exact) mass is 268 g/mol. The maximum Gasteiger partial charge on any atom is 0.240 e. The van der Waals surface area contributed by atoms with Crippen molar-refractivity contribution in [3.05, 3.63) is 0 Å². The highest BCUT2D eigenvalue weighted by Crippen LogP contribution is 2.41. The van der Waals surface area contributed by atoms with Crippen molar-refractivity contribution in [2.24, 2.45) is 23.3 Å². The minimum atomic E-state index is -0.720. The molecule has 1 saturated carbocycles. The third-order valence-electron chi connectivity index (χ3n) is 4.03. The van der Waals surface area contributed by atoms with Crippen LogP contribution in [0.1, 0.15) is 19.3 Å². The van der Waals surface area contributed by atoms with Gasteiger partial charge >= 0.3 is 0 Å². The van der Waals surface area contributed by atoms with Crippen LogP contribution in [0.4, 0.5) is 0 Å². The molecule has 3 amide bonds. The molecule has 4 atom stereocenters. The van der Waals surface area contributed by atoms with E-state index < -0.39 is 18.0 Å². The Labute approximate surface area is 111 Å². The van der Waals surface area contributed by atoms with E-state index in [0.29, 0.717) is 19.4 Å². The summed E-state index contributed by atoms with van der Waals surface area (Å²) in [5.41, 5.74) is 11.2. The molecular formula is C12H20N4O3. The molecule has 7 nitrogen and oxygen atoms in total. The molecular weight excluding hydrogens is 248 g/mol. The van der Waals surface area contributed by atoms with Crippen molar-refractivity contribution in [1.29, 1.82) is 0 Å². The van der Waals surface area contributed by atoms with Crippen LogP contribution in [0.2, 0.25) is 0 Å². The van der Waals surface area contributed by atoms with E-state index in [4.69, 9.17) is 11.5 Å². The number of likely N-dealkylation sites (tertiary alicyclic amines) is 1. The minimum absolute atomic E-state index is 0.0823. The molecule has 0 radical (unpaired) electrons. The first-order valence-electron chi connectivity index (χ1n) is 6.54. The number of nitrogens with zero attached hydrogens (tertiary/aromatic N) is 1. The standard InChI is InChI=1S/C12H20N4O3/c1-15-11(18)7-5-6(7)9(13)12(19)16-4-2-3-8(16)10(14)17/h6-9H,2-5,13H2,1H3,(H2,14,17)(H,15,18)/t6-,7-,8?,9-/m0/s1. The van der Waals surface area contributed by atoms with Crippen LogP contribution >= 0.6 is 0 Å². The molecule has 2 aliphatic rings. The average Bonchev–Trinajstić information content (AvgIpc) is 3.03. The lowest BCUT2D eigenvalue weighted by Gasteiger charge is -2.25. The Bertz CT molecular complexity index is 412. The summed E-state index contributed by atoms with van der Waals surface area (Å²) in [6.45, 7) is 0.511. The summed E-state index contributed by atoms with van der Waals surface area (Å²) in [6.07, 6.45) is 1.98. The fraction of sp³-hybridized carbons (Fsp3) is 0.750. The van der Waals surface area contributed by atoms with E-state index in [0.717, 1.165) is 6.42 Å². The summed E-state index contributed by atoms with van der Waals surface area (Å²) in [5, 5.41) is 2.55. The molecule has 0 bridgehead atoms. The van der Waals surface area contributed by atoms with Crippen LogP contribution in [0.3, 0.4) is 0 Å². The molecule has 2 rings (SSSR count). The van der Waals surface area contributed by atoms with Crippen molar-refractivity contribution >= 4 is 17.7 Å². The van der Waals surface area contributed by atoms with Crippen LogP contribution < -0.4 is 16.8 Å². The van der Waals surface area contributed by atoms with Gasteiger partial charge in [0, 0.05) is 19.5 Å². The van der Waals surface area contributed by atoms with Gasteiger partial charge in [-0.05, 0) is 25.2 Å². The second kappa shape index (κ2) is 5.16. The third kappa shape index (κ3) is 2.56. The lowest BCUT2D eigenvalue weighted by atomic mass is 10.1. The molecule has 1 aliphatic carbocycles. The summed E-state index contributed by atoms with van der Waals surface area (Å²) in [5.74, 6) is -1.14. The van der Waals surface area contributed by atoms with E-state index >= 15 is 0 Å². The van der Waals surface area contributed by atoms with Gasteiger partial charge in [0.2, 0.25) is 17.7 Å². The summed E-state index contributed by atoms with van der Waals surface area (Å²) in [4.78, 5) is 36.4. The Hall–Kier alpha value is -1.63. The Morgan fingerprint density at radius 3 is 2.63 bits per heavy atom. The molecule has 2 fully saturated rings. The van der Waals surface area contributed by atoms with Crippen LogP contribution in [0, 0.1) is 11.8 Å². The van der Waals surface area contributed by atoms with Gasteiger partial charge in [0.25, 0.3) is 0 Å². The van der Waals surface area contributed by atoms with Crippen LogP contribution in [-0.4, -0.2) is 48.3 Å². The van der Waals surface area contributed by atoms with Crippen LogP contribution in [-0.2, 0) is 14.4 Å². The van der Waals surface area contributed by atoms with E-state index in [1.165, 1.54) is 4.90 Å². The van der Waals surface area contributed by atoms with Gasteiger partial charge in [0.1, 0.15) is 6.04 Å². The van der Waals surface area contributed by atoms with Gasteiger partial charge in [-0.15, -0.1) is 0 Å². The molecule has 0 aromatic heterocycles. The molecule has 1 unspecified atom stereocenters. The zero-order valence-corrected chi connectivity index (χ0v) is 11.0. The van der Waals surface area contributed by atoms with Gasteiger partial charge in [-0.25, -0.2) is 0 Å². The zero-order chi connectivity index (χ0) is 14.2. The van der Waals surface area contributed by atoms with Gasteiger partial charge in [0.15, 0.2) is 0 Å². The smallest absolute Gasteiger partial charge is 0.240 e. The topological polar surface area (TPSA) is 119 Å². The number of hydrogen-bond donors (Lipinski definition) is 3. The Kier molecular flexibility index (Phi) is 3.75. The van der Waals surface area contributed by atoms with Gasteiger partial charge in [-0.3, -0.25) is 14.4 Å². The fourth-order valence-electron chi connectivity index (χ4n) is 2.80. The maximum absolute atomic E-state index is 12.3. The summed E-state index contributed by atoms with van der Waals surface area (Å²) >= 11 is 0. The number of carbonyl (C=O) groups is 3. The van der Waals surface area contributed by atoms with Crippen LogP contribution in [0.25, 0.3) is 0 Å². The van der Waals surface area contributed by atoms with Gasteiger partial charge < -0.3 is 21.7 Å². The number of primary amides is 1. The molecule has 19 heavy (non-hydrogen) atoms. The number of nitrogens with two attached hydrogens (primary N) is 2. The quantitative estimate of drug-likeness (QED) is 0.555. The Balaban J connectivity index is 1.97. The largest absolute Gasteiger partial charge is 0.368 e. The Morgan fingerprint density at radius 1 is 1.37 bits per heavy atom. The van der Waals surface area contributed by atoms with Crippen LogP contribution in [0.5, 0.6) is 0 Å². The van der Waals surface area contributed by atoms with Crippen molar-refractivity contribution in [1.82, 2.24) is 10.2 Å². The van der Waals surface area contributed by atoms with Crippen molar-refractivity contribution in [3.63, 3.8) is 0 Å². The van der Waals surface area contributed by atoms with Crippen molar-refractivity contribution in [3.8, 4) is 0 Å². The predicted molar refractivity (Wildman–Crippen MR) is 67.6 cm³/mol. The number of nitrogens with one attached hydrogen (secondary N) is 1. The molecule has 0 aromatic carbocycles. The second-order valence-corrected chi connectivity index (χ2v) is 5.24. The van der Waals surface area contributed by atoms with Crippen molar-refractivity contribution in [2.75, 3.05) is 13.6 Å². The summed E-state index contributed by atoms with van der Waals surface area (Å²) in [7, 11) is 1.56. The molecule has 106 valence electrons. The highest BCUT2D eigenvalue weighted by atomic mass is 16.2. The van der Waals surface area contributed by atoms with Gasteiger partial charge in [-0.1, -0.05) is 0 Å². The number of carbonyl (C=O) groups excluding carboxylic acids is 3. The lowest BCUT2D eigenvalue weighted by Crippen LogP contribution is -2.51. The first-order chi connectivity index (χ1) is 8.97. The predicted octanol–water partition coefficient (Wildman–Crippen LogP) is -1.83. The van der Waals surface area contributed by atoms with Crippen molar-refractivity contribution < 1.29 is 14.4 Å². The average molecular weight is 268 g/mol. The zero-order valence-electron chi connectivity index (χ0n) is 11.0. The SMILES string of the molecule is CNC(=O)[C@H]1C[C@@H]1[C@H](N)C(=O)N1CCCC1C(N)=O. The molecule has 1 saturated heterocycles. The Morgan fingerprint density at radius 2 is 2.05 bits per heavy atom. The maximum atomic E-state index is 12.3. The normalized spacial score (nSPS) is 30.8. The molecule has 5 N–H and O–H groups in total. The molecule has 7 heteroatoms. The van der Waals surface area contributed by atoms with E-state index in [1.54, 1.807) is 7.05 Å². The number of hydrogen-bond acceptors (Lipinski definition) is 4. The summed E-state index contributed by atoms with van der Waals surface area (Å²) in [6, 6.07) is -1.27. The molecule has 0 aromatic rings. The lowest BCUT2D eigenvalue weighted by molar-refractivity contribution is -0.138. The first kappa shape index (κ1) is 13.8. The van der Waals surface area contributed by atoms with Crippen molar-refractivity contribution in [2.45, 2.75) is 31.3 Å². The fourth-order valence-corrected chi connectivity index (χ4v) is 2.80. The molecule has 1 aliphatic heterocycles. The molecule has 1 heterocycles. The number of amides is 3. The summed E-state index contributed by atoms with van der Waals surface area (Å²) < 4.78 is 0. The second-order valence-electron chi connectivity index (χ2n) is 5.24. The highest BCUT2D eigenvalue weighted by molar-refractivity contribution is 5.91. The van der Waals surface area contributed by atoms with E-state index in [9.17, 15) is 14.4 Å². The van der Waals surface area contributed by atoms with E-state index in [2.05, 4.69) is 5.32 Å². The first-order valence-corrected chi connectivity index (χ1v) is 6.54. The van der Waals surface area contributed by atoms with E-state index in [1.807, 2.05) is 0 Å². The van der Waals surface area contributed by atoms with E-state index in [-0.39, 0.29) is 23.7 Å².